The monoisotopic (exact) mass is 256 g/mol. The maximum absolute atomic E-state index is 11.5. The SMILES string of the molecule is CC(C)(C)C(=O)Oc1ccccc1Br. The standard InChI is InChI=1S/C11H13BrO2/c1-11(2,3)10(13)14-9-7-5-4-6-8(9)12/h4-7H,1-3H3. The molecule has 0 aromatic heterocycles. The summed E-state index contributed by atoms with van der Waals surface area (Å²) in [5, 5.41) is 0. The van der Waals surface area contributed by atoms with Gasteiger partial charge in [0.25, 0.3) is 0 Å². The number of para-hydroxylation sites is 1. The van der Waals surface area contributed by atoms with Crippen LogP contribution in [-0.2, 0) is 4.79 Å². The van der Waals surface area contributed by atoms with E-state index in [4.69, 9.17) is 4.74 Å². The van der Waals surface area contributed by atoms with Crippen molar-refractivity contribution in [2.75, 3.05) is 0 Å². The van der Waals surface area contributed by atoms with E-state index in [1.807, 2.05) is 39.0 Å². The molecule has 0 radical (unpaired) electrons. The molecule has 0 unspecified atom stereocenters. The van der Waals surface area contributed by atoms with Gasteiger partial charge in [0.2, 0.25) is 0 Å². The van der Waals surface area contributed by atoms with Crippen LogP contribution in [-0.4, -0.2) is 5.97 Å². The molecule has 0 heterocycles. The van der Waals surface area contributed by atoms with Gasteiger partial charge in [-0.25, -0.2) is 0 Å². The zero-order valence-electron chi connectivity index (χ0n) is 8.50. The van der Waals surface area contributed by atoms with Crippen LogP contribution in [0, 0.1) is 5.41 Å². The summed E-state index contributed by atoms with van der Waals surface area (Å²) in [5.74, 6) is 0.330. The van der Waals surface area contributed by atoms with E-state index in [-0.39, 0.29) is 5.97 Å². The molecular weight excluding hydrogens is 244 g/mol. The third kappa shape index (κ3) is 2.84. The zero-order chi connectivity index (χ0) is 10.8. The molecule has 0 N–H and O–H groups in total. The fourth-order valence-corrected chi connectivity index (χ4v) is 1.15. The van der Waals surface area contributed by atoms with Gasteiger partial charge in [-0.15, -0.1) is 0 Å². The molecule has 2 nitrogen and oxygen atoms in total. The number of ether oxygens (including phenoxy) is 1. The van der Waals surface area contributed by atoms with Gasteiger partial charge in [0.15, 0.2) is 0 Å². The quantitative estimate of drug-likeness (QED) is 0.569. The highest BCUT2D eigenvalue weighted by Crippen LogP contribution is 2.26. The fraction of sp³-hybridized carbons (Fsp3) is 0.364. The number of rotatable bonds is 1. The minimum atomic E-state index is -0.477. The molecule has 0 aliphatic rings. The van der Waals surface area contributed by atoms with E-state index < -0.39 is 5.41 Å². The van der Waals surface area contributed by atoms with Gasteiger partial charge < -0.3 is 4.74 Å². The highest BCUT2D eigenvalue weighted by Gasteiger charge is 2.24. The average molecular weight is 257 g/mol. The first kappa shape index (κ1) is 11.2. The van der Waals surface area contributed by atoms with Crippen molar-refractivity contribution < 1.29 is 9.53 Å². The molecule has 1 rings (SSSR count). The first-order chi connectivity index (χ1) is 6.41. The smallest absolute Gasteiger partial charge is 0.316 e. The second-order valence-corrected chi connectivity index (χ2v) is 4.92. The summed E-state index contributed by atoms with van der Waals surface area (Å²) in [6.07, 6.45) is 0. The van der Waals surface area contributed by atoms with Gasteiger partial charge in [-0.2, -0.15) is 0 Å². The number of carbonyl (C=O) groups excluding carboxylic acids is 1. The first-order valence-corrected chi connectivity index (χ1v) is 5.17. The van der Waals surface area contributed by atoms with E-state index in [2.05, 4.69) is 15.9 Å². The minimum absolute atomic E-state index is 0.232. The Hall–Kier alpha value is -0.830. The highest BCUT2D eigenvalue weighted by molar-refractivity contribution is 9.10. The molecule has 3 heteroatoms. The summed E-state index contributed by atoms with van der Waals surface area (Å²) in [7, 11) is 0. The summed E-state index contributed by atoms with van der Waals surface area (Å²) in [4.78, 5) is 11.5. The number of benzene rings is 1. The molecule has 0 aliphatic carbocycles. The topological polar surface area (TPSA) is 26.3 Å². The predicted molar refractivity (Wildman–Crippen MR) is 59.2 cm³/mol. The van der Waals surface area contributed by atoms with Crippen LogP contribution in [0.4, 0.5) is 0 Å². The lowest BCUT2D eigenvalue weighted by Crippen LogP contribution is -2.25. The Kier molecular flexibility index (Phi) is 3.32. The van der Waals surface area contributed by atoms with Gasteiger partial charge in [-0.3, -0.25) is 4.79 Å². The van der Waals surface area contributed by atoms with Gasteiger partial charge >= 0.3 is 5.97 Å². The van der Waals surface area contributed by atoms with E-state index in [9.17, 15) is 4.79 Å². The summed E-state index contributed by atoms with van der Waals surface area (Å²) in [6.45, 7) is 5.48. The maximum atomic E-state index is 11.5. The van der Waals surface area contributed by atoms with Gasteiger partial charge in [0.05, 0.1) is 9.89 Å². The van der Waals surface area contributed by atoms with Crippen LogP contribution in [0.3, 0.4) is 0 Å². The number of halogens is 1. The maximum Gasteiger partial charge on any atom is 0.316 e. The lowest BCUT2D eigenvalue weighted by atomic mass is 9.97. The van der Waals surface area contributed by atoms with Crippen molar-refractivity contribution in [3.63, 3.8) is 0 Å². The van der Waals surface area contributed by atoms with Crippen molar-refractivity contribution in [2.45, 2.75) is 20.8 Å². The molecule has 0 aliphatic heterocycles. The minimum Gasteiger partial charge on any atom is -0.425 e. The summed E-state index contributed by atoms with van der Waals surface area (Å²) in [6, 6.07) is 7.30. The van der Waals surface area contributed by atoms with Crippen LogP contribution in [0.2, 0.25) is 0 Å². The Morgan fingerprint density at radius 1 is 1.29 bits per heavy atom. The van der Waals surface area contributed by atoms with E-state index in [0.717, 1.165) is 4.47 Å². The number of hydrogen-bond acceptors (Lipinski definition) is 2. The second kappa shape index (κ2) is 4.13. The molecule has 0 bridgehead atoms. The van der Waals surface area contributed by atoms with Gasteiger partial charge in [-0.1, -0.05) is 12.1 Å². The molecule has 0 saturated carbocycles. The average Bonchev–Trinajstić information content (AvgIpc) is 2.07. The van der Waals surface area contributed by atoms with E-state index in [1.165, 1.54) is 0 Å². The summed E-state index contributed by atoms with van der Waals surface area (Å²) in [5.41, 5.74) is -0.477. The van der Waals surface area contributed by atoms with Crippen molar-refractivity contribution in [2.24, 2.45) is 5.41 Å². The Labute approximate surface area is 92.4 Å². The summed E-state index contributed by atoms with van der Waals surface area (Å²) < 4.78 is 6.01. The van der Waals surface area contributed by atoms with Crippen LogP contribution in [0.15, 0.2) is 28.7 Å². The summed E-state index contributed by atoms with van der Waals surface area (Å²) >= 11 is 3.31. The third-order valence-electron chi connectivity index (χ3n) is 1.65. The molecule has 1 aromatic carbocycles. The largest absolute Gasteiger partial charge is 0.425 e. The molecular formula is C11H13BrO2. The van der Waals surface area contributed by atoms with Crippen LogP contribution in [0.25, 0.3) is 0 Å². The molecule has 0 fully saturated rings. The van der Waals surface area contributed by atoms with Crippen LogP contribution >= 0.6 is 15.9 Å². The highest BCUT2D eigenvalue weighted by atomic mass is 79.9. The number of esters is 1. The van der Waals surface area contributed by atoms with E-state index >= 15 is 0 Å². The Balaban J connectivity index is 2.80. The van der Waals surface area contributed by atoms with Gasteiger partial charge in [0, 0.05) is 0 Å². The van der Waals surface area contributed by atoms with Crippen molar-refractivity contribution in [1.82, 2.24) is 0 Å². The lowest BCUT2D eigenvalue weighted by molar-refractivity contribution is -0.143. The normalized spacial score (nSPS) is 11.1. The molecule has 76 valence electrons. The lowest BCUT2D eigenvalue weighted by Gasteiger charge is -2.16. The van der Waals surface area contributed by atoms with Gasteiger partial charge in [-0.05, 0) is 48.8 Å². The van der Waals surface area contributed by atoms with Crippen molar-refractivity contribution in [1.29, 1.82) is 0 Å². The fourth-order valence-electron chi connectivity index (χ4n) is 0.780. The van der Waals surface area contributed by atoms with Crippen LogP contribution in [0.1, 0.15) is 20.8 Å². The third-order valence-corrected chi connectivity index (χ3v) is 2.31. The van der Waals surface area contributed by atoms with E-state index in [0.29, 0.717) is 5.75 Å². The number of carbonyl (C=O) groups is 1. The first-order valence-electron chi connectivity index (χ1n) is 4.38. The molecule has 0 spiro atoms. The second-order valence-electron chi connectivity index (χ2n) is 4.07. The molecule has 14 heavy (non-hydrogen) atoms. The Bertz CT molecular complexity index is 339. The Morgan fingerprint density at radius 2 is 1.86 bits per heavy atom. The van der Waals surface area contributed by atoms with Crippen molar-refractivity contribution in [3.8, 4) is 5.75 Å². The molecule has 1 aromatic rings. The zero-order valence-corrected chi connectivity index (χ0v) is 10.1. The Morgan fingerprint density at radius 3 is 2.36 bits per heavy atom. The van der Waals surface area contributed by atoms with Gasteiger partial charge in [0.1, 0.15) is 5.75 Å². The van der Waals surface area contributed by atoms with Crippen molar-refractivity contribution in [3.05, 3.63) is 28.7 Å². The molecule has 0 saturated heterocycles. The predicted octanol–water partition coefficient (Wildman–Crippen LogP) is 3.40. The van der Waals surface area contributed by atoms with Crippen LogP contribution in [0.5, 0.6) is 5.75 Å². The van der Waals surface area contributed by atoms with Crippen molar-refractivity contribution >= 4 is 21.9 Å². The number of hydrogen-bond donors (Lipinski definition) is 0. The van der Waals surface area contributed by atoms with E-state index in [1.54, 1.807) is 6.07 Å². The molecule has 0 amide bonds. The van der Waals surface area contributed by atoms with Crippen LogP contribution < -0.4 is 4.74 Å². The molecule has 0 atom stereocenters.